The van der Waals surface area contributed by atoms with Gasteiger partial charge in [0.2, 0.25) is 5.91 Å². The van der Waals surface area contributed by atoms with Gasteiger partial charge in [0.1, 0.15) is 5.82 Å². The molecule has 0 aromatic carbocycles. The number of aliphatic imine (C=N–C) groups is 1. The molecule has 0 aliphatic carbocycles. The molecule has 0 atom stereocenters. The third-order valence-electron chi connectivity index (χ3n) is 4.66. The first-order chi connectivity index (χ1) is 13.4. The number of rotatable bonds is 8. The average Bonchev–Trinajstić information content (AvgIpc) is 2.68. The summed E-state index contributed by atoms with van der Waals surface area (Å²) in [6, 6.07) is 3.73. The Balaban J connectivity index is 0.00000420. The van der Waals surface area contributed by atoms with Crippen molar-refractivity contribution >= 4 is 41.7 Å². The maximum Gasteiger partial charge on any atom is 0.227 e. The Labute approximate surface area is 191 Å². The molecule has 0 unspecified atom stereocenters. The van der Waals surface area contributed by atoms with Gasteiger partial charge in [-0.05, 0) is 39.3 Å². The van der Waals surface area contributed by atoms with Gasteiger partial charge >= 0.3 is 0 Å². The van der Waals surface area contributed by atoms with Gasteiger partial charge in [-0.2, -0.15) is 0 Å². The van der Waals surface area contributed by atoms with Crippen LogP contribution in [-0.2, 0) is 9.53 Å². The zero-order valence-electron chi connectivity index (χ0n) is 18.0. The van der Waals surface area contributed by atoms with E-state index in [0.717, 1.165) is 44.4 Å². The van der Waals surface area contributed by atoms with E-state index < -0.39 is 0 Å². The lowest BCUT2D eigenvalue weighted by Gasteiger charge is -2.39. The Morgan fingerprint density at radius 2 is 2.00 bits per heavy atom. The third-order valence-corrected chi connectivity index (χ3v) is 4.66. The molecule has 0 radical (unpaired) electrons. The number of anilines is 1. The number of halogens is 1. The molecule has 2 rings (SSSR count). The first-order valence-corrected chi connectivity index (χ1v) is 9.98. The summed E-state index contributed by atoms with van der Waals surface area (Å²) in [4.78, 5) is 23.4. The molecule has 3 N–H and O–H groups in total. The topological polar surface area (TPSA) is 90.9 Å². The van der Waals surface area contributed by atoms with Crippen LogP contribution in [0, 0.1) is 6.92 Å². The molecule has 1 aromatic heterocycles. The number of aryl methyl sites for hydroxylation is 1. The van der Waals surface area contributed by atoms with Crippen LogP contribution in [0.4, 0.5) is 5.82 Å². The molecule has 1 aliphatic heterocycles. The summed E-state index contributed by atoms with van der Waals surface area (Å²) in [7, 11) is 0. The monoisotopic (exact) mass is 518 g/mol. The highest BCUT2D eigenvalue weighted by atomic mass is 127. The molecular weight excluding hydrogens is 483 g/mol. The van der Waals surface area contributed by atoms with Crippen LogP contribution >= 0.6 is 24.0 Å². The van der Waals surface area contributed by atoms with Crippen LogP contribution in [0.2, 0.25) is 0 Å². The molecule has 1 aliphatic rings. The number of carbonyl (C=O) groups excluding carboxylic acids is 1. The molecule has 2 heterocycles. The van der Waals surface area contributed by atoms with Gasteiger partial charge in [0, 0.05) is 44.3 Å². The molecule has 8 nitrogen and oxygen atoms in total. The van der Waals surface area contributed by atoms with Gasteiger partial charge in [0.25, 0.3) is 0 Å². The number of carbonyl (C=O) groups is 1. The molecule has 164 valence electrons. The Morgan fingerprint density at radius 1 is 1.28 bits per heavy atom. The first-order valence-electron chi connectivity index (χ1n) is 9.98. The lowest BCUT2D eigenvalue weighted by atomic mass is 10.0. The molecule has 1 aromatic rings. The fourth-order valence-electron chi connectivity index (χ4n) is 2.92. The fraction of sp³-hybridized carbons (Fsp3) is 0.650. The van der Waals surface area contributed by atoms with E-state index in [4.69, 9.17) is 9.73 Å². The number of nitrogens with one attached hydrogen (secondary N) is 3. The number of nitrogens with zero attached hydrogens (tertiary/aromatic N) is 3. The van der Waals surface area contributed by atoms with Crippen molar-refractivity contribution in [2.75, 3.05) is 51.3 Å². The minimum absolute atomic E-state index is 0. The van der Waals surface area contributed by atoms with Crippen LogP contribution in [-0.4, -0.2) is 73.2 Å². The SMILES string of the molecule is CCNC(=NCC(C)(C)N1CCOCC1)NCCC(=O)Nc1ccc(C)cn1.I. The number of guanidine groups is 1. The predicted octanol–water partition coefficient (Wildman–Crippen LogP) is 2.00. The number of amides is 1. The van der Waals surface area contributed by atoms with Crippen LogP contribution in [0.5, 0.6) is 0 Å². The Bertz CT molecular complexity index is 645. The minimum atomic E-state index is -0.0756. The number of hydrogen-bond donors (Lipinski definition) is 3. The van der Waals surface area contributed by atoms with Gasteiger partial charge in [0.05, 0.1) is 19.8 Å². The lowest BCUT2D eigenvalue weighted by molar-refractivity contribution is -0.116. The highest BCUT2D eigenvalue weighted by Gasteiger charge is 2.28. The molecule has 0 spiro atoms. The van der Waals surface area contributed by atoms with E-state index in [2.05, 4.69) is 39.7 Å². The van der Waals surface area contributed by atoms with E-state index >= 15 is 0 Å². The fourth-order valence-corrected chi connectivity index (χ4v) is 2.92. The largest absolute Gasteiger partial charge is 0.379 e. The van der Waals surface area contributed by atoms with Gasteiger partial charge in [0.15, 0.2) is 5.96 Å². The van der Waals surface area contributed by atoms with Crippen molar-refractivity contribution in [3.63, 3.8) is 0 Å². The summed E-state index contributed by atoms with van der Waals surface area (Å²) >= 11 is 0. The first kappa shape index (κ1) is 25.6. The lowest BCUT2D eigenvalue weighted by Crippen LogP contribution is -2.52. The van der Waals surface area contributed by atoms with E-state index in [1.807, 2.05) is 19.9 Å². The normalized spacial score (nSPS) is 15.4. The smallest absolute Gasteiger partial charge is 0.227 e. The Kier molecular flexibility index (Phi) is 11.4. The summed E-state index contributed by atoms with van der Waals surface area (Å²) in [5.74, 6) is 1.22. The van der Waals surface area contributed by atoms with E-state index in [-0.39, 0.29) is 35.4 Å². The second kappa shape index (κ2) is 13.0. The quantitative estimate of drug-likeness (QED) is 0.277. The third kappa shape index (κ3) is 9.26. The summed E-state index contributed by atoms with van der Waals surface area (Å²) in [5, 5.41) is 9.28. The highest BCUT2D eigenvalue weighted by molar-refractivity contribution is 14.0. The van der Waals surface area contributed by atoms with Crippen LogP contribution in [0.3, 0.4) is 0 Å². The van der Waals surface area contributed by atoms with E-state index in [0.29, 0.717) is 25.3 Å². The number of aromatic nitrogens is 1. The van der Waals surface area contributed by atoms with E-state index in [1.54, 1.807) is 12.3 Å². The Hall–Kier alpha value is -1.46. The molecule has 1 amide bonds. The van der Waals surface area contributed by atoms with Crippen molar-refractivity contribution in [3.8, 4) is 0 Å². The standard InChI is InChI=1S/C20H34N6O2.HI/c1-5-21-19(24-15-20(3,4)26-10-12-28-13-11-26)22-9-8-18(27)25-17-7-6-16(2)14-23-17;/h6-7,14H,5,8-13,15H2,1-4H3,(H2,21,22,24)(H,23,25,27);1H. The maximum absolute atomic E-state index is 12.1. The zero-order chi connectivity index (χ0) is 20.4. The predicted molar refractivity (Wildman–Crippen MR) is 128 cm³/mol. The van der Waals surface area contributed by atoms with E-state index in [1.165, 1.54) is 0 Å². The van der Waals surface area contributed by atoms with Gasteiger partial charge in [-0.1, -0.05) is 6.07 Å². The minimum Gasteiger partial charge on any atom is -0.379 e. The average molecular weight is 518 g/mol. The summed E-state index contributed by atoms with van der Waals surface area (Å²) in [6.07, 6.45) is 2.08. The van der Waals surface area contributed by atoms with Gasteiger partial charge in [-0.3, -0.25) is 14.7 Å². The van der Waals surface area contributed by atoms with Crippen molar-refractivity contribution in [1.82, 2.24) is 20.5 Å². The molecule has 1 fully saturated rings. The van der Waals surface area contributed by atoms with Gasteiger partial charge in [-0.25, -0.2) is 4.98 Å². The molecule has 29 heavy (non-hydrogen) atoms. The van der Waals surface area contributed by atoms with Crippen LogP contribution in [0.25, 0.3) is 0 Å². The maximum atomic E-state index is 12.1. The molecule has 0 saturated carbocycles. The van der Waals surface area contributed by atoms with Crippen molar-refractivity contribution in [3.05, 3.63) is 23.9 Å². The van der Waals surface area contributed by atoms with Crippen LogP contribution in [0.15, 0.2) is 23.3 Å². The van der Waals surface area contributed by atoms with Gasteiger partial charge in [-0.15, -0.1) is 24.0 Å². The molecule has 9 heteroatoms. The summed E-state index contributed by atoms with van der Waals surface area (Å²) < 4.78 is 5.44. The van der Waals surface area contributed by atoms with Crippen molar-refractivity contribution in [1.29, 1.82) is 0 Å². The van der Waals surface area contributed by atoms with Crippen LogP contribution < -0.4 is 16.0 Å². The van der Waals surface area contributed by atoms with Crippen molar-refractivity contribution < 1.29 is 9.53 Å². The zero-order valence-corrected chi connectivity index (χ0v) is 20.3. The molecule has 0 bridgehead atoms. The van der Waals surface area contributed by atoms with E-state index in [9.17, 15) is 4.79 Å². The summed E-state index contributed by atoms with van der Waals surface area (Å²) in [5.41, 5.74) is 1.02. The van der Waals surface area contributed by atoms with Crippen LogP contribution in [0.1, 0.15) is 32.8 Å². The summed E-state index contributed by atoms with van der Waals surface area (Å²) in [6.45, 7) is 13.7. The van der Waals surface area contributed by atoms with Gasteiger partial charge < -0.3 is 20.7 Å². The molecule has 1 saturated heterocycles. The Morgan fingerprint density at radius 3 is 2.62 bits per heavy atom. The van der Waals surface area contributed by atoms with Crippen molar-refractivity contribution in [2.45, 2.75) is 39.7 Å². The second-order valence-electron chi connectivity index (χ2n) is 7.55. The second-order valence-corrected chi connectivity index (χ2v) is 7.55. The number of pyridine rings is 1. The number of morpholine rings is 1. The number of hydrogen-bond acceptors (Lipinski definition) is 5. The van der Waals surface area contributed by atoms with Crippen molar-refractivity contribution in [2.24, 2.45) is 4.99 Å². The highest BCUT2D eigenvalue weighted by Crippen LogP contribution is 2.16. The number of ether oxygens (including phenoxy) is 1. The molecular formula is C20H35IN6O2.